The van der Waals surface area contributed by atoms with Crippen LogP contribution in [-0.4, -0.2) is 23.7 Å². The molecule has 0 bridgehead atoms. The summed E-state index contributed by atoms with van der Waals surface area (Å²) in [7, 11) is 0. The third-order valence-corrected chi connectivity index (χ3v) is 4.32. The number of amides is 1. The molecule has 1 amide bonds. The maximum absolute atomic E-state index is 12.5. The number of para-hydroxylation sites is 2. The lowest BCUT2D eigenvalue weighted by Crippen LogP contribution is -2.32. The molecule has 3 rings (SSSR count). The second-order valence-electron chi connectivity index (χ2n) is 6.28. The van der Waals surface area contributed by atoms with Gasteiger partial charge in [-0.25, -0.2) is 4.79 Å². The maximum atomic E-state index is 12.5. The monoisotopic (exact) mass is 384 g/mol. The number of nitrogens with one attached hydrogen (secondary N) is 1. The normalized spacial score (nSPS) is 12.0. The van der Waals surface area contributed by atoms with E-state index in [1.165, 1.54) is 4.57 Å². The Labute approximate surface area is 162 Å². The van der Waals surface area contributed by atoms with Gasteiger partial charge < -0.3 is 19.2 Å². The molecule has 1 unspecified atom stereocenters. The van der Waals surface area contributed by atoms with E-state index in [1.807, 2.05) is 39.0 Å². The first-order chi connectivity index (χ1) is 13.5. The minimum Gasteiger partial charge on any atom is -0.490 e. The highest BCUT2D eigenvalue weighted by Crippen LogP contribution is 2.30. The van der Waals surface area contributed by atoms with Crippen LogP contribution in [0.25, 0.3) is 11.1 Å². The van der Waals surface area contributed by atoms with Crippen LogP contribution < -0.4 is 20.5 Å². The van der Waals surface area contributed by atoms with Crippen LogP contribution in [0.3, 0.4) is 0 Å². The van der Waals surface area contributed by atoms with Gasteiger partial charge in [-0.1, -0.05) is 18.2 Å². The largest absolute Gasteiger partial charge is 0.490 e. The van der Waals surface area contributed by atoms with E-state index >= 15 is 0 Å². The van der Waals surface area contributed by atoms with E-state index < -0.39 is 5.76 Å². The molecular weight excluding hydrogens is 360 g/mol. The third kappa shape index (κ3) is 4.19. The Balaban J connectivity index is 1.74. The van der Waals surface area contributed by atoms with Gasteiger partial charge in [0.1, 0.15) is 6.54 Å². The highest BCUT2D eigenvalue weighted by molar-refractivity contribution is 5.79. The first-order valence-electron chi connectivity index (χ1n) is 9.30. The molecule has 3 aromatic rings. The zero-order valence-electron chi connectivity index (χ0n) is 16.2. The smallest absolute Gasteiger partial charge is 0.420 e. The lowest BCUT2D eigenvalue weighted by atomic mass is 10.1. The second-order valence-corrected chi connectivity index (χ2v) is 6.28. The van der Waals surface area contributed by atoms with Crippen LogP contribution in [0.5, 0.6) is 11.5 Å². The third-order valence-electron chi connectivity index (χ3n) is 4.32. The fraction of sp³-hybridized carbons (Fsp3) is 0.333. The molecule has 28 heavy (non-hydrogen) atoms. The zero-order valence-corrected chi connectivity index (χ0v) is 16.2. The summed E-state index contributed by atoms with van der Waals surface area (Å²) in [5.41, 5.74) is 1.93. The van der Waals surface area contributed by atoms with Gasteiger partial charge >= 0.3 is 5.76 Å². The SMILES string of the molecule is CCOc1ccc(C(C)NC(=O)Cn2c(=O)oc3ccccc32)cc1OCC. The Morgan fingerprint density at radius 2 is 1.82 bits per heavy atom. The van der Waals surface area contributed by atoms with E-state index in [2.05, 4.69) is 5.32 Å². The van der Waals surface area contributed by atoms with E-state index in [1.54, 1.807) is 24.3 Å². The average Bonchev–Trinajstić information content (AvgIpc) is 2.99. The Morgan fingerprint density at radius 1 is 1.11 bits per heavy atom. The summed E-state index contributed by atoms with van der Waals surface area (Å²) in [6, 6.07) is 12.3. The maximum Gasteiger partial charge on any atom is 0.420 e. The van der Waals surface area contributed by atoms with Crippen LogP contribution in [0.4, 0.5) is 0 Å². The highest BCUT2D eigenvalue weighted by Gasteiger charge is 2.16. The number of fused-ring (bicyclic) bond motifs is 1. The summed E-state index contributed by atoms with van der Waals surface area (Å²) in [5, 5.41) is 2.91. The molecule has 0 spiro atoms. The fourth-order valence-corrected chi connectivity index (χ4v) is 3.01. The standard InChI is InChI=1S/C21H24N2O5/c1-4-26-18-11-10-15(12-19(18)27-5-2)14(3)22-20(24)13-23-16-8-6-7-9-17(16)28-21(23)25/h6-12,14H,4-5,13H2,1-3H3,(H,22,24). The minimum atomic E-state index is -0.552. The first-order valence-corrected chi connectivity index (χ1v) is 9.30. The van der Waals surface area contributed by atoms with Crippen LogP contribution in [0.15, 0.2) is 51.7 Å². The molecule has 1 N–H and O–H groups in total. The summed E-state index contributed by atoms with van der Waals surface area (Å²) in [5.74, 6) is 0.472. The van der Waals surface area contributed by atoms with Crippen molar-refractivity contribution in [1.29, 1.82) is 0 Å². The van der Waals surface area contributed by atoms with Crippen LogP contribution >= 0.6 is 0 Å². The first kappa shape index (κ1) is 19.5. The minimum absolute atomic E-state index is 0.116. The molecule has 7 heteroatoms. The molecule has 0 aliphatic rings. The van der Waals surface area contributed by atoms with Gasteiger partial charge in [-0.05, 0) is 50.6 Å². The van der Waals surface area contributed by atoms with Crippen molar-refractivity contribution < 1.29 is 18.7 Å². The van der Waals surface area contributed by atoms with Gasteiger partial charge in [-0.15, -0.1) is 0 Å². The van der Waals surface area contributed by atoms with Gasteiger partial charge in [-0.2, -0.15) is 0 Å². The lowest BCUT2D eigenvalue weighted by molar-refractivity contribution is -0.122. The molecule has 0 saturated carbocycles. The van der Waals surface area contributed by atoms with Crippen molar-refractivity contribution in [2.75, 3.05) is 13.2 Å². The van der Waals surface area contributed by atoms with Crippen molar-refractivity contribution in [2.24, 2.45) is 0 Å². The van der Waals surface area contributed by atoms with Gasteiger partial charge in [-0.3, -0.25) is 9.36 Å². The zero-order chi connectivity index (χ0) is 20.1. The summed E-state index contributed by atoms with van der Waals surface area (Å²) in [4.78, 5) is 24.5. The predicted molar refractivity (Wildman–Crippen MR) is 106 cm³/mol. The Morgan fingerprint density at radius 3 is 2.57 bits per heavy atom. The number of benzene rings is 2. The molecule has 1 aromatic heterocycles. The Bertz CT molecular complexity index is 1020. The van der Waals surface area contributed by atoms with Gasteiger partial charge in [0, 0.05) is 0 Å². The molecule has 0 aliphatic carbocycles. The van der Waals surface area contributed by atoms with Gasteiger partial charge in [0.05, 0.1) is 24.8 Å². The van der Waals surface area contributed by atoms with E-state index in [0.717, 1.165) is 5.56 Å². The topological polar surface area (TPSA) is 82.7 Å². The van der Waals surface area contributed by atoms with E-state index in [4.69, 9.17) is 13.9 Å². The van der Waals surface area contributed by atoms with Crippen molar-refractivity contribution in [3.8, 4) is 11.5 Å². The van der Waals surface area contributed by atoms with Crippen molar-refractivity contribution >= 4 is 17.0 Å². The molecular formula is C21H24N2O5. The Kier molecular flexibility index (Phi) is 6.03. The number of nitrogens with zero attached hydrogens (tertiary/aromatic N) is 1. The number of ether oxygens (including phenoxy) is 2. The summed E-state index contributed by atoms with van der Waals surface area (Å²) < 4.78 is 17.7. The quantitative estimate of drug-likeness (QED) is 0.644. The molecule has 1 heterocycles. The molecule has 2 aromatic carbocycles. The van der Waals surface area contributed by atoms with Crippen LogP contribution in [-0.2, 0) is 11.3 Å². The second kappa shape index (κ2) is 8.65. The number of hydrogen-bond acceptors (Lipinski definition) is 5. The molecule has 0 radical (unpaired) electrons. The summed E-state index contributed by atoms with van der Waals surface area (Å²) in [6.07, 6.45) is 0. The number of rotatable bonds is 8. The van der Waals surface area contributed by atoms with Crippen LogP contribution in [0.1, 0.15) is 32.4 Å². The van der Waals surface area contributed by atoms with E-state index in [-0.39, 0.29) is 18.5 Å². The molecule has 1 atom stereocenters. The summed E-state index contributed by atoms with van der Waals surface area (Å²) in [6.45, 7) is 6.63. The van der Waals surface area contributed by atoms with E-state index in [9.17, 15) is 9.59 Å². The van der Waals surface area contributed by atoms with Crippen molar-refractivity contribution in [3.63, 3.8) is 0 Å². The van der Waals surface area contributed by atoms with Crippen LogP contribution in [0, 0.1) is 0 Å². The fourth-order valence-electron chi connectivity index (χ4n) is 3.01. The summed E-state index contributed by atoms with van der Waals surface area (Å²) >= 11 is 0. The predicted octanol–water partition coefficient (Wildman–Crippen LogP) is 3.27. The van der Waals surface area contributed by atoms with Gasteiger partial charge in [0.25, 0.3) is 0 Å². The van der Waals surface area contributed by atoms with E-state index in [0.29, 0.717) is 35.8 Å². The van der Waals surface area contributed by atoms with Gasteiger partial charge in [0.15, 0.2) is 17.1 Å². The molecule has 7 nitrogen and oxygen atoms in total. The average molecular weight is 384 g/mol. The lowest BCUT2D eigenvalue weighted by Gasteiger charge is -2.17. The molecule has 0 fully saturated rings. The Hall–Kier alpha value is -3.22. The number of oxazole rings is 1. The van der Waals surface area contributed by atoms with Crippen LogP contribution in [0.2, 0.25) is 0 Å². The number of aromatic nitrogens is 1. The molecule has 0 aliphatic heterocycles. The number of hydrogen-bond donors (Lipinski definition) is 1. The van der Waals surface area contributed by atoms with Gasteiger partial charge in [0.2, 0.25) is 5.91 Å². The molecule has 148 valence electrons. The number of carbonyl (C=O) groups excluding carboxylic acids is 1. The molecule has 0 saturated heterocycles. The van der Waals surface area contributed by atoms with Crippen molar-refractivity contribution in [1.82, 2.24) is 9.88 Å². The number of carbonyl (C=O) groups is 1. The highest BCUT2D eigenvalue weighted by atomic mass is 16.5. The van der Waals surface area contributed by atoms with Crippen molar-refractivity contribution in [2.45, 2.75) is 33.4 Å². The van der Waals surface area contributed by atoms with Crippen molar-refractivity contribution in [3.05, 3.63) is 58.6 Å².